The highest BCUT2D eigenvalue weighted by Crippen LogP contribution is 2.33. The number of ether oxygens (including phenoxy) is 3. The quantitative estimate of drug-likeness (QED) is 0.120. The highest BCUT2D eigenvalue weighted by atomic mass is 35.5. The van der Waals surface area contributed by atoms with Crippen molar-refractivity contribution >= 4 is 52.7 Å². The summed E-state index contributed by atoms with van der Waals surface area (Å²) in [6.07, 6.45) is 5.09. The highest BCUT2D eigenvalue weighted by Gasteiger charge is 2.39. The topological polar surface area (TPSA) is 168 Å². The van der Waals surface area contributed by atoms with Crippen molar-refractivity contribution in [2.24, 2.45) is 5.92 Å². The SMILES string of the molecule is COC[C@@H]1NC(=O)[C@H](C)N(Cc2ccc(Cl)cc2Oc2ccc(-n3cnc(CN4CCOCC4)c3C)cc2)C(=O)C[C@@H](Cc2ccccc2)C(=O)N(C)[C@H]2CCCC[C@@H]2NC(=O)C[C@H](Cc2ccc(Cl)cc2)N(C)C1=O. The first-order chi connectivity index (χ1) is 36.6. The normalized spacial score (nSPS) is 22.9. The van der Waals surface area contributed by atoms with E-state index in [9.17, 15) is 14.4 Å². The molecule has 2 aliphatic heterocycles. The molecule has 3 fully saturated rings. The maximum atomic E-state index is 15.3. The van der Waals surface area contributed by atoms with Gasteiger partial charge < -0.3 is 44.1 Å². The number of halogens is 2. The zero-order chi connectivity index (χ0) is 53.9. The molecule has 1 saturated carbocycles. The Hall–Kier alpha value is -6.30. The van der Waals surface area contributed by atoms with Crippen LogP contribution in [0.4, 0.5) is 0 Å². The molecule has 8 rings (SSSR count). The van der Waals surface area contributed by atoms with E-state index in [0.29, 0.717) is 59.6 Å². The van der Waals surface area contributed by atoms with Gasteiger partial charge in [-0.25, -0.2) is 4.98 Å². The Labute approximate surface area is 455 Å². The number of amides is 5. The van der Waals surface area contributed by atoms with Crippen LogP contribution in [-0.2, 0) is 59.4 Å². The summed E-state index contributed by atoms with van der Waals surface area (Å²) in [5, 5.41) is 7.09. The van der Waals surface area contributed by atoms with Gasteiger partial charge in [0.1, 0.15) is 23.6 Å². The van der Waals surface area contributed by atoms with E-state index in [2.05, 4.69) is 22.5 Å². The third-order valence-electron chi connectivity index (χ3n) is 15.1. The maximum absolute atomic E-state index is 15.3. The van der Waals surface area contributed by atoms with Gasteiger partial charge in [0, 0.05) is 92.8 Å². The Morgan fingerprint density at radius 1 is 0.763 bits per heavy atom. The van der Waals surface area contributed by atoms with Crippen LogP contribution < -0.4 is 15.4 Å². The first-order valence-electron chi connectivity index (χ1n) is 26.2. The number of methoxy groups -OCH3 is 1. The average Bonchev–Trinajstić information content (AvgIpc) is 3.79. The minimum Gasteiger partial charge on any atom is -0.457 e. The first-order valence-corrected chi connectivity index (χ1v) is 27.0. The van der Waals surface area contributed by atoms with E-state index in [1.165, 1.54) is 16.9 Å². The molecule has 16 nitrogen and oxygen atoms in total. The number of aromatic nitrogens is 2. The van der Waals surface area contributed by atoms with E-state index in [1.54, 1.807) is 56.3 Å². The molecule has 4 aromatic carbocycles. The summed E-state index contributed by atoms with van der Waals surface area (Å²) < 4.78 is 19.7. The highest BCUT2D eigenvalue weighted by molar-refractivity contribution is 6.31. The summed E-state index contributed by atoms with van der Waals surface area (Å²) in [5.41, 5.74) is 5.18. The lowest BCUT2D eigenvalue weighted by atomic mass is 9.87. The average molecular weight is 1080 g/mol. The third kappa shape index (κ3) is 14.2. The molecule has 5 amide bonds. The van der Waals surface area contributed by atoms with Crippen LogP contribution in [0.1, 0.15) is 73.5 Å². The Morgan fingerprint density at radius 2 is 1.46 bits per heavy atom. The van der Waals surface area contributed by atoms with Crippen LogP contribution in [0, 0.1) is 12.8 Å². The van der Waals surface area contributed by atoms with Gasteiger partial charge in [0.15, 0.2) is 0 Å². The number of imidazole rings is 1. The zero-order valence-corrected chi connectivity index (χ0v) is 45.6. The fourth-order valence-corrected chi connectivity index (χ4v) is 10.9. The van der Waals surface area contributed by atoms with E-state index in [0.717, 1.165) is 60.7 Å². The van der Waals surface area contributed by atoms with Crippen LogP contribution in [0.2, 0.25) is 10.0 Å². The lowest BCUT2D eigenvalue weighted by molar-refractivity contribution is -0.147. The van der Waals surface area contributed by atoms with E-state index >= 15 is 9.59 Å². The summed E-state index contributed by atoms with van der Waals surface area (Å²) in [7, 11) is 4.80. The monoisotopic (exact) mass is 1080 g/mol. The van der Waals surface area contributed by atoms with E-state index in [1.807, 2.05) is 77.6 Å². The van der Waals surface area contributed by atoms with Crippen LogP contribution in [0.5, 0.6) is 11.5 Å². The Bertz CT molecular complexity index is 2790. The number of likely N-dealkylation sites (N-methyl/N-ethyl adjacent to an activating group) is 2. The van der Waals surface area contributed by atoms with Gasteiger partial charge in [-0.15, -0.1) is 0 Å². The van der Waals surface area contributed by atoms with E-state index in [4.69, 9.17) is 42.4 Å². The summed E-state index contributed by atoms with van der Waals surface area (Å²) in [6.45, 7) is 7.21. The number of rotatable bonds is 13. The fourth-order valence-electron chi connectivity index (χ4n) is 10.6. The van der Waals surface area contributed by atoms with Crippen molar-refractivity contribution in [3.8, 4) is 17.2 Å². The molecule has 0 radical (unpaired) electrons. The number of carbonyl (C=O) groups is 5. The molecule has 18 heteroatoms. The van der Waals surface area contributed by atoms with Crippen molar-refractivity contribution in [3.05, 3.63) is 142 Å². The van der Waals surface area contributed by atoms with Crippen LogP contribution in [0.3, 0.4) is 0 Å². The number of benzene rings is 4. The van der Waals surface area contributed by atoms with Crippen LogP contribution in [0.25, 0.3) is 5.69 Å². The second-order valence-electron chi connectivity index (χ2n) is 20.3. The number of fused-ring (bicyclic) bond motifs is 1. The Balaban J connectivity index is 1.12. The minimum atomic E-state index is -1.19. The predicted molar refractivity (Wildman–Crippen MR) is 291 cm³/mol. The summed E-state index contributed by atoms with van der Waals surface area (Å²) >= 11 is 12.9. The van der Waals surface area contributed by atoms with Gasteiger partial charge in [0.2, 0.25) is 29.5 Å². The molecule has 76 heavy (non-hydrogen) atoms. The zero-order valence-electron chi connectivity index (χ0n) is 44.1. The minimum absolute atomic E-state index is 0.0504. The third-order valence-corrected chi connectivity index (χ3v) is 15.6. The molecule has 5 aromatic rings. The number of carbonyl (C=O) groups excluding carboxylic acids is 5. The smallest absolute Gasteiger partial charge is 0.247 e. The molecule has 404 valence electrons. The van der Waals surface area contributed by atoms with Gasteiger partial charge in [-0.1, -0.05) is 84.6 Å². The van der Waals surface area contributed by atoms with E-state index in [-0.39, 0.29) is 56.3 Å². The molecule has 6 atom stereocenters. The number of hydrogen-bond donors (Lipinski definition) is 2. The molecule has 2 N–H and O–H groups in total. The lowest BCUT2D eigenvalue weighted by Crippen LogP contribution is -2.58. The van der Waals surface area contributed by atoms with Crippen molar-refractivity contribution in [1.82, 2.24) is 39.8 Å². The number of nitrogens with zero attached hydrogens (tertiary/aromatic N) is 6. The summed E-state index contributed by atoms with van der Waals surface area (Å²) in [5.74, 6) is -2.08. The molecule has 0 bridgehead atoms. The molecule has 1 aliphatic carbocycles. The fraction of sp³-hybridized carbons (Fsp3) is 0.448. The number of nitrogens with one attached hydrogen (secondary N) is 2. The molecule has 2 saturated heterocycles. The molecule has 1 aromatic heterocycles. The standard InChI is InChI=1S/C58H70Cl2N8O8/c1-38-50(35-66-25-27-75-28-26-66)61-37-68(38)46-21-23-48(24-22-46)76-53-32-45(60)20-17-42(53)34-67-39(2)56(71)63-51(36-74-5)58(73)64(3)47(30-41-15-18-44(59)19-16-41)33-54(69)62-49-13-9-10-14-52(49)65(4)57(72)43(31-55(67)70)29-40-11-7-6-8-12-40/h6-8,11-12,15-24,32,37,39,43,47,49,51-52H,9-10,13-14,25-31,33-36H2,1-5H3,(H,62,69)(H,63,71)/t39-,43+,47-,49-,51-,52-/m0/s1. The van der Waals surface area contributed by atoms with Crippen molar-refractivity contribution < 1.29 is 38.2 Å². The molecular formula is C58H70Cl2N8O8. The van der Waals surface area contributed by atoms with Crippen molar-refractivity contribution in [2.45, 2.75) is 109 Å². The molecule has 0 unspecified atom stereocenters. The second kappa shape index (κ2) is 26.2. The Kier molecular flexibility index (Phi) is 19.3. The van der Waals surface area contributed by atoms with Gasteiger partial charge in [-0.3, -0.25) is 28.9 Å². The first kappa shape index (κ1) is 55.9. The van der Waals surface area contributed by atoms with Crippen LogP contribution in [-0.4, -0.2) is 143 Å². The number of hydrogen-bond acceptors (Lipinski definition) is 10. The maximum Gasteiger partial charge on any atom is 0.247 e. The summed E-state index contributed by atoms with van der Waals surface area (Å²) in [6, 6.07) is 25.7. The largest absolute Gasteiger partial charge is 0.457 e. The van der Waals surface area contributed by atoms with Gasteiger partial charge in [0.05, 0.1) is 50.3 Å². The second-order valence-corrected chi connectivity index (χ2v) is 21.2. The van der Waals surface area contributed by atoms with Crippen LogP contribution in [0.15, 0.2) is 103 Å². The lowest BCUT2D eigenvalue weighted by Gasteiger charge is -2.40. The van der Waals surface area contributed by atoms with Gasteiger partial charge in [-0.05, 0) is 99.2 Å². The molecular weight excluding hydrogens is 1010 g/mol. The molecule has 3 aliphatic rings. The Morgan fingerprint density at radius 3 is 2.18 bits per heavy atom. The van der Waals surface area contributed by atoms with Crippen molar-refractivity contribution in [1.29, 1.82) is 0 Å². The number of morpholine rings is 1. The van der Waals surface area contributed by atoms with Gasteiger partial charge >= 0.3 is 0 Å². The van der Waals surface area contributed by atoms with E-state index < -0.39 is 41.8 Å². The summed E-state index contributed by atoms with van der Waals surface area (Å²) in [4.78, 5) is 85.7. The molecule has 3 heterocycles. The van der Waals surface area contributed by atoms with Crippen LogP contribution >= 0.6 is 23.2 Å². The predicted octanol–water partition coefficient (Wildman–Crippen LogP) is 7.57. The van der Waals surface area contributed by atoms with Gasteiger partial charge in [-0.2, -0.15) is 0 Å². The molecule has 0 spiro atoms. The van der Waals surface area contributed by atoms with Crippen molar-refractivity contribution in [3.63, 3.8) is 0 Å². The van der Waals surface area contributed by atoms with Gasteiger partial charge in [0.25, 0.3) is 0 Å². The van der Waals surface area contributed by atoms with Crippen molar-refractivity contribution in [2.75, 3.05) is 54.1 Å².